The topological polar surface area (TPSA) is 20.3 Å². The quantitative estimate of drug-likeness (QED) is 0.743. The Morgan fingerprint density at radius 3 is 2.81 bits per heavy atom. The Labute approximate surface area is 96.3 Å². The molecule has 1 amide bonds. The predicted molar refractivity (Wildman–Crippen MR) is 64.5 cm³/mol. The highest BCUT2D eigenvalue weighted by molar-refractivity contribution is 5.96. The summed E-state index contributed by atoms with van der Waals surface area (Å²) in [6, 6.07) is 8.38. The van der Waals surface area contributed by atoms with Gasteiger partial charge in [-0.1, -0.05) is 19.1 Å². The van der Waals surface area contributed by atoms with Gasteiger partial charge in [0.1, 0.15) is 0 Å². The summed E-state index contributed by atoms with van der Waals surface area (Å²) in [4.78, 5) is 13.9. The zero-order valence-corrected chi connectivity index (χ0v) is 9.70. The molecule has 0 radical (unpaired) electrons. The van der Waals surface area contributed by atoms with Crippen LogP contribution in [0, 0.1) is 5.41 Å². The molecule has 2 heteroatoms. The normalized spacial score (nSPS) is 21.8. The molecule has 16 heavy (non-hydrogen) atoms. The van der Waals surface area contributed by atoms with Crippen LogP contribution in [0.1, 0.15) is 31.7 Å². The number of aryl methyl sites for hydroxylation is 1. The number of benzene rings is 1. The summed E-state index contributed by atoms with van der Waals surface area (Å²) in [5.74, 6) is 0.311. The van der Waals surface area contributed by atoms with Crippen LogP contribution in [-0.2, 0) is 11.2 Å². The molecule has 3 rings (SSSR count). The number of amides is 1. The SMILES string of the molecule is CCc1cccc(N2CC3(CC3)CC2=O)c1. The third-order valence-corrected chi connectivity index (χ3v) is 3.91. The molecule has 1 aromatic rings. The zero-order chi connectivity index (χ0) is 11.2. The number of anilines is 1. The number of carbonyl (C=O) groups excluding carboxylic acids is 1. The average molecular weight is 215 g/mol. The molecular weight excluding hydrogens is 198 g/mol. The predicted octanol–water partition coefficient (Wildman–Crippen LogP) is 2.77. The summed E-state index contributed by atoms with van der Waals surface area (Å²) in [5.41, 5.74) is 2.76. The molecule has 0 atom stereocenters. The molecule has 1 aliphatic carbocycles. The van der Waals surface area contributed by atoms with Crippen molar-refractivity contribution in [2.75, 3.05) is 11.4 Å². The summed E-state index contributed by atoms with van der Waals surface area (Å²) in [6.07, 6.45) is 4.27. The van der Waals surface area contributed by atoms with Crippen LogP contribution in [0.4, 0.5) is 5.69 Å². The second-order valence-electron chi connectivity index (χ2n) is 5.18. The standard InChI is InChI=1S/C14H17NO/c1-2-11-4-3-5-12(8-11)15-10-14(6-7-14)9-13(15)16/h3-5,8H,2,6-7,9-10H2,1H3. The van der Waals surface area contributed by atoms with Crippen LogP contribution in [-0.4, -0.2) is 12.5 Å². The van der Waals surface area contributed by atoms with E-state index in [-0.39, 0.29) is 0 Å². The Morgan fingerprint density at radius 1 is 1.38 bits per heavy atom. The maximum Gasteiger partial charge on any atom is 0.227 e. The van der Waals surface area contributed by atoms with E-state index >= 15 is 0 Å². The number of carbonyl (C=O) groups is 1. The van der Waals surface area contributed by atoms with Gasteiger partial charge < -0.3 is 4.90 Å². The van der Waals surface area contributed by atoms with Crippen molar-refractivity contribution in [3.05, 3.63) is 29.8 Å². The van der Waals surface area contributed by atoms with E-state index in [1.807, 2.05) is 4.90 Å². The van der Waals surface area contributed by atoms with Gasteiger partial charge in [0.25, 0.3) is 0 Å². The van der Waals surface area contributed by atoms with Gasteiger partial charge in [0.2, 0.25) is 5.91 Å². The molecule has 1 aliphatic heterocycles. The van der Waals surface area contributed by atoms with Gasteiger partial charge in [-0.15, -0.1) is 0 Å². The van der Waals surface area contributed by atoms with E-state index in [0.717, 1.165) is 25.1 Å². The summed E-state index contributed by atoms with van der Waals surface area (Å²) in [7, 11) is 0. The Balaban J connectivity index is 1.88. The highest BCUT2D eigenvalue weighted by atomic mass is 16.2. The Hall–Kier alpha value is -1.31. The maximum atomic E-state index is 12.0. The van der Waals surface area contributed by atoms with Gasteiger partial charge in [-0.05, 0) is 42.4 Å². The third-order valence-electron chi connectivity index (χ3n) is 3.91. The van der Waals surface area contributed by atoms with Crippen LogP contribution in [0.2, 0.25) is 0 Å². The molecular formula is C14H17NO. The number of rotatable bonds is 2. The second kappa shape index (κ2) is 3.34. The van der Waals surface area contributed by atoms with Crippen molar-refractivity contribution in [3.63, 3.8) is 0 Å². The van der Waals surface area contributed by atoms with Crippen LogP contribution < -0.4 is 4.90 Å². The first-order valence-electron chi connectivity index (χ1n) is 6.12. The van der Waals surface area contributed by atoms with Crippen molar-refractivity contribution in [2.24, 2.45) is 5.41 Å². The molecule has 1 saturated heterocycles. The van der Waals surface area contributed by atoms with E-state index in [1.54, 1.807) is 0 Å². The highest BCUT2D eigenvalue weighted by Gasteiger charge is 2.51. The number of hydrogen-bond donors (Lipinski definition) is 0. The van der Waals surface area contributed by atoms with E-state index < -0.39 is 0 Å². The van der Waals surface area contributed by atoms with Crippen molar-refractivity contribution in [2.45, 2.75) is 32.6 Å². The van der Waals surface area contributed by atoms with E-state index in [9.17, 15) is 4.79 Å². The number of hydrogen-bond acceptors (Lipinski definition) is 1. The van der Waals surface area contributed by atoms with Crippen molar-refractivity contribution in [1.29, 1.82) is 0 Å². The van der Waals surface area contributed by atoms with E-state index in [4.69, 9.17) is 0 Å². The molecule has 0 bridgehead atoms. The first-order chi connectivity index (χ1) is 7.72. The van der Waals surface area contributed by atoms with Crippen molar-refractivity contribution in [1.82, 2.24) is 0 Å². The van der Waals surface area contributed by atoms with Gasteiger partial charge in [0.05, 0.1) is 0 Å². The highest BCUT2D eigenvalue weighted by Crippen LogP contribution is 2.53. The van der Waals surface area contributed by atoms with Gasteiger partial charge in [0.15, 0.2) is 0 Å². The average Bonchev–Trinajstić information content (AvgIpc) is 2.96. The lowest BCUT2D eigenvalue weighted by Gasteiger charge is -2.17. The van der Waals surface area contributed by atoms with Crippen molar-refractivity contribution < 1.29 is 4.79 Å². The molecule has 2 fully saturated rings. The van der Waals surface area contributed by atoms with E-state index in [0.29, 0.717) is 11.3 Å². The molecule has 84 valence electrons. The molecule has 0 N–H and O–H groups in total. The smallest absolute Gasteiger partial charge is 0.227 e. The first-order valence-corrected chi connectivity index (χ1v) is 6.12. The lowest BCUT2D eigenvalue weighted by atomic mass is 10.1. The molecule has 1 spiro atoms. The van der Waals surface area contributed by atoms with Crippen LogP contribution in [0.5, 0.6) is 0 Å². The fourth-order valence-electron chi connectivity index (χ4n) is 2.59. The Morgan fingerprint density at radius 2 is 2.19 bits per heavy atom. The molecule has 1 aromatic carbocycles. The zero-order valence-electron chi connectivity index (χ0n) is 9.70. The second-order valence-corrected chi connectivity index (χ2v) is 5.18. The van der Waals surface area contributed by atoms with Gasteiger partial charge in [-0.3, -0.25) is 4.79 Å². The largest absolute Gasteiger partial charge is 0.312 e. The molecule has 1 saturated carbocycles. The minimum atomic E-state index is 0.311. The van der Waals surface area contributed by atoms with Crippen LogP contribution >= 0.6 is 0 Å². The van der Waals surface area contributed by atoms with Crippen LogP contribution in [0.15, 0.2) is 24.3 Å². The fourth-order valence-corrected chi connectivity index (χ4v) is 2.59. The van der Waals surface area contributed by atoms with Gasteiger partial charge in [-0.2, -0.15) is 0 Å². The van der Waals surface area contributed by atoms with E-state index in [2.05, 4.69) is 31.2 Å². The monoisotopic (exact) mass is 215 g/mol. The van der Waals surface area contributed by atoms with Gasteiger partial charge >= 0.3 is 0 Å². The van der Waals surface area contributed by atoms with Gasteiger partial charge in [-0.25, -0.2) is 0 Å². The molecule has 0 unspecified atom stereocenters. The summed E-state index contributed by atoms with van der Waals surface area (Å²) < 4.78 is 0. The summed E-state index contributed by atoms with van der Waals surface area (Å²) in [6.45, 7) is 3.09. The maximum absolute atomic E-state index is 12.0. The van der Waals surface area contributed by atoms with Crippen LogP contribution in [0.25, 0.3) is 0 Å². The van der Waals surface area contributed by atoms with Gasteiger partial charge in [0, 0.05) is 18.7 Å². The lowest BCUT2D eigenvalue weighted by molar-refractivity contribution is -0.117. The first kappa shape index (κ1) is 9.88. The third kappa shape index (κ3) is 1.53. The lowest BCUT2D eigenvalue weighted by Crippen LogP contribution is -2.24. The summed E-state index contributed by atoms with van der Waals surface area (Å²) >= 11 is 0. The fraction of sp³-hybridized carbons (Fsp3) is 0.500. The molecule has 2 aliphatic rings. The molecule has 2 nitrogen and oxygen atoms in total. The minimum absolute atomic E-state index is 0.311. The molecule has 0 aromatic heterocycles. The van der Waals surface area contributed by atoms with Crippen molar-refractivity contribution >= 4 is 11.6 Å². The minimum Gasteiger partial charge on any atom is -0.312 e. The van der Waals surface area contributed by atoms with Crippen LogP contribution in [0.3, 0.4) is 0 Å². The Bertz CT molecular complexity index is 434. The van der Waals surface area contributed by atoms with E-state index in [1.165, 1.54) is 18.4 Å². The number of nitrogens with zero attached hydrogens (tertiary/aromatic N) is 1. The Kier molecular flexibility index (Phi) is 2.06. The summed E-state index contributed by atoms with van der Waals surface area (Å²) in [5, 5.41) is 0. The molecule has 1 heterocycles. The van der Waals surface area contributed by atoms with Crippen molar-refractivity contribution in [3.8, 4) is 0 Å².